The molecule has 0 heterocycles. The smallest absolute Gasteiger partial charge is 0.334 e. The van der Waals surface area contributed by atoms with Gasteiger partial charge < -0.3 is 14.9 Å². The Hall–Kier alpha value is -1.79. The summed E-state index contributed by atoms with van der Waals surface area (Å²) in [5.74, 6) is -1.26. The lowest BCUT2D eigenvalue weighted by Gasteiger charge is -2.12. The largest absolute Gasteiger partial charge is 0.467 e. The van der Waals surface area contributed by atoms with Crippen LogP contribution in [-0.4, -0.2) is 38.4 Å². The van der Waals surface area contributed by atoms with Gasteiger partial charge in [-0.05, 0) is 18.2 Å². The Morgan fingerprint density at radius 3 is 2.60 bits per heavy atom. The van der Waals surface area contributed by atoms with Gasteiger partial charge in [-0.2, -0.15) is 0 Å². The summed E-state index contributed by atoms with van der Waals surface area (Å²) < 4.78 is 4.54. The van der Waals surface area contributed by atoms with Crippen LogP contribution in [0.1, 0.15) is 10.4 Å². The fourth-order valence-corrected chi connectivity index (χ4v) is 1.79. The maximum absolute atomic E-state index is 12.0. The zero-order chi connectivity index (χ0) is 15.1. The highest BCUT2D eigenvalue weighted by molar-refractivity contribution is 6.36. The minimum Gasteiger partial charge on any atom is -0.467 e. The van der Waals surface area contributed by atoms with Crippen LogP contribution >= 0.6 is 23.2 Å². The third kappa shape index (κ3) is 4.40. The zero-order valence-corrected chi connectivity index (χ0v) is 12.2. The first-order valence-corrected chi connectivity index (χ1v) is 6.15. The summed E-state index contributed by atoms with van der Waals surface area (Å²) in [5.41, 5.74) is 0.177. The Bertz CT molecular complexity index is 534. The number of nitrogens with zero attached hydrogens (tertiary/aromatic N) is 1. The Kier molecular flexibility index (Phi) is 6.27. The fraction of sp³-hybridized carbons (Fsp3) is 0.250. The molecule has 0 aliphatic heterocycles. The Labute approximate surface area is 125 Å². The van der Waals surface area contributed by atoms with E-state index in [-0.39, 0.29) is 10.6 Å². The number of nitrogens with one attached hydrogen (secondary N) is 1. The van der Waals surface area contributed by atoms with Crippen molar-refractivity contribution in [1.29, 1.82) is 0 Å². The van der Waals surface area contributed by atoms with Crippen molar-refractivity contribution in [2.75, 3.05) is 14.2 Å². The number of carbonyl (C=O) groups excluding carboxylic acids is 2. The molecule has 20 heavy (non-hydrogen) atoms. The van der Waals surface area contributed by atoms with Gasteiger partial charge in [0, 0.05) is 5.02 Å². The quantitative estimate of drug-likeness (QED) is 0.511. The summed E-state index contributed by atoms with van der Waals surface area (Å²) in [6, 6.07) is 3.30. The predicted molar refractivity (Wildman–Crippen MR) is 75.2 cm³/mol. The molecule has 8 heteroatoms. The molecule has 1 aromatic carbocycles. The van der Waals surface area contributed by atoms with Gasteiger partial charge in [-0.1, -0.05) is 28.4 Å². The average molecular weight is 319 g/mol. The molecule has 0 aliphatic rings. The Balaban J connectivity index is 2.90. The maximum Gasteiger partial charge on any atom is 0.334 e. The molecule has 1 N–H and O–H groups in total. The molecular formula is C12H12Cl2N2O4. The standard InChI is InChI=1S/C12H12Cl2N2O4/c1-19-12(18)10(6-15-20-2)16-11(17)8-4-3-7(13)5-9(8)14/h3-6,10H,1-2H3,(H,16,17)/b15-6-. The van der Waals surface area contributed by atoms with Crippen molar-refractivity contribution >= 4 is 41.3 Å². The molecule has 0 bridgehead atoms. The average Bonchev–Trinajstić information content (AvgIpc) is 2.42. The van der Waals surface area contributed by atoms with E-state index in [1.807, 2.05) is 0 Å². The van der Waals surface area contributed by atoms with Crippen molar-refractivity contribution in [2.24, 2.45) is 5.16 Å². The number of methoxy groups -OCH3 is 1. The van der Waals surface area contributed by atoms with Crippen molar-refractivity contribution in [2.45, 2.75) is 6.04 Å². The van der Waals surface area contributed by atoms with Crippen molar-refractivity contribution in [3.05, 3.63) is 33.8 Å². The van der Waals surface area contributed by atoms with Crippen LogP contribution in [0, 0.1) is 0 Å². The number of oxime groups is 1. The van der Waals surface area contributed by atoms with Crippen LogP contribution in [0.4, 0.5) is 0 Å². The molecule has 1 aromatic rings. The monoisotopic (exact) mass is 318 g/mol. The third-order valence-electron chi connectivity index (χ3n) is 2.23. The molecule has 0 aliphatic carbocycles. The first kappa shape index (κ1) is 16.3. The second kappa shape index (κ2) is 7.72. The highest BCUT2D eigenvalue weighted by Gasteiger charge is 2.21. The summed E-state index contributed by atoms with van der Waals surface area (Å²) in [5, 5.41) is 6.41. The van der Waals surface area contributed by atoms with Crippen molar-refractivity contribution in [3.63, 3.8) is 0 Å². The summed E-state index contributed by atoms with van der Waals surface area (Å²) in [6.45, 7) is 0. The van der Waals surface area contributed by atoms with E-state index in [0.29, 0.717) is 5.02 Å². The third-order valence-corrected chi connectivity index (χ3v) is 2.78. The first-order valence-electron chi connectivity index (χ1n) is 5.40. The van der Waals surface area contributed by atoms with Gasteiger partial charge in [0.15, 0.2) is 6.04 Å². The molecule has 108 valence electrons. The van der Waals surface area contributed by atoms with Crippen molar-refractivity contribution < 1.29 is 19.2 Å². The van der Waals surface area contributed by atoms with Crippen molar-refractivity contribution in [3.8, 4) is 0 Å². The molecule has 0 fully saturated rings. The molecule has 1 rings (SSSR count). The summed E-state index contributed by atoms with van der Waals surface area (Å²) in [4.78, 5) is 28.0. The van der Waals surface area contributed by atoms with Gasteiger partial charge in [0.1, 0.15) is 7.11 Å². The zero-order valence-electron chi connectivity index (χ0n) is 10.7. The number of amides is 1. The number of benzene rings is 1. The van der Waals surface area contributed by atoms with E-state index in [2.05, 4.69) is 20.0 Å². The van der Waals surface area contributed by atoms with Crippen LogP contribution < -0.4 is 5.32 Å². The normalized spacial score (nSPS) is 12.0. The molecule has 1 amide bonds. The van der Waals surface area contributed by atoms with Crippen LogP contribution in [-0.2, 0) is 14.4 Å². The minimum absolute atomic E-state index is 0.169. The lowest BCUT2D eigenvalue weighted by molar-refractivity contribution is -0.140. The van der Waals surface area contributed by atoms with E-state index in [0.717, 1.165) is 6.21 Å². The molecule has 6 nitrogen and oxygen atoms in total. The lowest BCUT2D eigenvalue weighted by atomic mass is 10.2. The van der Waals surface area contributed by atoms with Gasteiger partial charge in [-0.25, -0.2) is 4.79 Å². The van der Waals surface area contributed by atoms with Gasteiger partial charge in [0.25, 0.3) is 5.91 Å². The number of hydrogen-bond acceptors (Lipinski definition) is 5. The summed E-state index contributed by atoms with van der Waals surface area (Å²) >= 11 is 11.6. The molecule has 0 spiro atoms. The number of ether oxygens (including phenoxy) is 1. The lowest BCUT2D eigenvalue weighted by Crippen LogP contribution is -2.42. The number of esters is 1. The van der Waals surface area contributed by atoms with Crippen LogP contribution in [0.15, 0.2) is 23.4 Å². The number of hydrogen-bond donors (Lipinski definition) is 1. The highest BCUT2D eigenvalue weighted by atomic mass is 35.5. The van der Waals surface area contributed by atoms with Gasteiger partial charge in [0.2, 0.25) is 0 Å². The molecule has 0 aromatic heterocycles. The van der Waals surface area contributed by atoms with E-state index in [1.165, 1.54) is 32.4 Å². The van der Waals surface area contributed by atoms with E-state index in [4.69, 9.17) is 23.2 Å². The SMILES string of the molecule is CO/N=C\C(NC(=O)c1ccc(Cl)cc1Cl)C(=O)OC. The van der Waals surface area contributed by atoms with E-state index in [1.54, 1.807) is 0 Å². The van der Waals surface area contributed by atoms with E-state index in [9.17, 15) is 9.59 Å². The first-order chi connectivity index (χ1) is 9.49. The van der Waals surface area contributed by atoms with Crippen LogP contribution in [0.2, 0.25) is 10.0 Å². The number of carbonyl (C=O) groups is 2. The fourth-order valence-electron chi connectivity index (χ4n) is 1.30. The molecule has 0 saturated carbocycles. The van der Waals surface area contributed by atoms with Crippen LogP contribution in [0.25, 0.3) is 0 Å². The summed E-state index contributed by atoms with van der Waals surface area (Å²) in [7, 11) is 2.50. The maximum atomic E-state index is 12.0. The topological polar surface area (TPSA) is 77.0 Å². The van der Waals surface area contributed by atoms with Gasteiger partial charge in [-0.3, -0.25) is 4.79 Å². The predicted octanol–water partition coefficient (Wildman–Crippen LogP) is 1.90. The van der Waals surface area contributed by atoms with E-state index < -0.39 is 17.9 Å². The highest BCUT2D eigenvalue weighted by Crippen LogP contribution is 2.20. The number of rotatable bonds is 5. The molecule has 0 saturated heterocycles. The number of halogens is 2. The summed E-state index contributed by atoms with van der Waals surface area (Å²) in [6.07, 6.45) is 1.10. The molecule has 1 unspecified atom stereocenters. The second-order valence-electron chi connectivity index (χ2n) is 3.54. The van der Waals surface area contributed by atoms with E-state index >= 15 is 0 Å². The molecule has 0 radical (unpaired) electrons. The van der Waals surface area contributed by atoms with Crippen molar-refractivity contribution in [1.82, 2.24) is 5.32 Å². The van der Waals surface area contributed by atoms with Crippen LogP contribution in [0.3, 0.4) is 0 Å². The van der Waals surface area contributed by atoms with Gasteiger partial charge in [-0.15, -0.1) is 0 Å². The molecular weight excluding hydrogens is 307 g/mol. The van der Waals surface area contributed by atoms with Crippen LogP contribution in [0.5, 0.6) is 0 Å². The molecule has 1 atom stereocenters. The minimum atomic E-state index is -1.08. The Morgan fingerprint density at radius 1 is 1.35 bits per heavy atom. The second-order valence-corrected chi connectivity index (χ2v) is 4.38. The van der Waals surface area contributed by atoms with Gasteiger partial charge in [0.05, 0.1) is 23.9 Å². The van der Waals surface area contributed by atoms with Gasteiger partial charge >= 0.3 is 5.97 Å². The Morgan fingerprint density at radius 2 is 2.05 bits per heavy atom.